The minimum atomic E-state index is -0.113. The van der Waals surface area contributed by atoms with Crippen LogP contribution in [0.5, 0.6) is 0 Å². The molecule has 21 heavy (non-hydrogen) atoms. The van der Waals surface area contributed by atoms with Crippen LogP contribution in [0.25, 0.3) is 0 Å². The second-order valence-corrected chi connectivity index (χ2v) is 5.71. The first kappa shape index (κ1) is 15.7. The Kier molecular flexibility index (Phi) is 5.50. The van der Waals surface area contributed by atoms with E-state index < -0.39 is 0 Å². The summed E-state index contributed by atoms with van der Waals surface area (Å²) in [6.45, 7) is 6.29. The minimum absolute atomic E-state index is 0.113. The maximum atomic E-state index is 11.8. The SMILES string of the molecule is CCNCC1CCN(c2ccc(C(=O)N(C)C)nn2)CC1. The zero-order valence-corrected chi connectivity index (χ0v) is 13.2. The van der Waals surface area contributed by atoms with Crippen molar-refractivity contribution in [3.63, 3.8) is 0 Å². The molecule has 6 nitrogen and oxygen atoms in total. The van der Waals surface area contributed by atoms with Crippen molar-refractivity contribution in [2.75, 3.05) is 45.2 Å². The first-order chi connectivity index (χ1) is 10.1. The van der Waals surface area contributed by atoms with E-state index in [2.05, 4.69) is 27.3 Å². The van der Waals surface area contributed by atoms with E-state index in [4.69, 9.17) is 0 Å². The van der Waals surface area contributed by atoms with Gasteiger partial charge in [-0.1, -0.05) is 6.92 Å². The number of hydrogen-bond donors (Lipinski definition) is 1. The number of aromatic nitrogens is 2. The maximum Gasteiger partial charge on any atom is 0.273 e. The van der Waals surface area contributed by atoms with Crippen molar-refractivity contribution in [1.82, 2.24) is 20.4 Å². The van der Waals surface area contributed by atoms with Gasteiger partial charge in [-0.3, -0.25) is 4.79 Å². The molecule has 1 amide bonds. The van der Waals surface area contributed by atoms with Crippen LogP contribution in [0.2, 0.25) is 0 Å². The molecule has 1 aliphatic rings. The summed E-state index contributed by atoms with van der Waals surface area (Å²) in [7, 11) is 3.43. The summed E-state index contributed by atoms with van der Waals surface area (Å²) < 4.78 is 0. The molecule has 0 aromatic carbocycles. The number of nitrogens with zero attached hydrogens (tertiary/aromatic N) is 4. The van der Waals surface area contributed by atoms with Crippen molar-refractivity contribution >= 4 is 11.7 Å². The predicted octanol–water partition coefficient (Wildman–Crippen LogP) is 1.00. The Morgan fingerprint density at radius 1 is 1.33 bits per heavy atom. The Labute approximate surface area is 126 Å². The van der Waals surface area contributed by atoms with Crippen LogP contribution in [-0.2, 0) is 0 Å². The third-order valence-electron chi connectivity index (χ3n) is 3.90. The fourth-order valence-corrected chi connectivity index (χ4v) is 2.55. The highest BCUT2D eigenvalue weighted by molar-refractivity contribution is 5.91. The lowest BCUT2D eigenvalue weighted by Gasteiger charge is -2.32. The zero-order chi connectivity index (χ0) is 15.2. The zero-order valence-electron chi connectivity index (χ0n) is 13.2. The molecule has 1 aromatic rings. The summed E-state index contributed by atoms with van der Waals surface area (Å²) >= 11 is 0. The Morgan fingerprint density at radius 2 is 2.05 bits per heavy atom. The van der Waals surface area contributed by atoms with Gasteiger partial charge in [0.05, 0.1) is 0 Å². The van der Waals surface area contributed by atoms with Crippen LogP contribution >= 0.6 is 0 Å². The number of carbonyl (C=O) groups is 1. The lowest BCUT2D eigenvalue weighted by Crippen LogP contribution is -2.37. The molecule has 6 heteroatoms. The molecule has 0 radical (unpaired) electrons. The van der Waals surface area contributed by atoms with Gasteiger partial charge >= 0.3 is 0 Å². The molecule has 1 aliphatic heterocycles. The van der Waals surface area contributed by atoms with Crippen LogP contribution in [-0.4, -0.2) is 61.3 Å². The van der Waals surface area contributed by atoms with Gasteiger partial charge in [0.2, 0.25) is 0 Å². The van der Waals surface area contributed by atoms with Crippen LogP contribution in [0, 0.1) is 5.92 Å². The van der Waals surface area contributed by atoms with Crippen molar-refractivity contribution < 1.29 is 4.79 Å². The molecular weight excluding hydrogens is 266 g/mol. The van der Waals surface area contributed by atoms with Gasteiger partial charge < -0.3 is 15.1 Å². The summed E-state index contributed by atoms with van der Waals surface area (Å²) in [4.78, 5) is 15.5. The molecule has 1 N–H and O–H groups in total. The van der Waals surface area contributed by atoms with E-state index in [0.717, 1.165) is 37.9 Å². The predicted molar refractivity (Wildman–Crippen MR) is 83.5 cm³/mol. The molecule has 2 heterocycles. The average Bonchev–Trinajstić information content (AvgIpc) is 2.53. The third kappa shape index (κ3) is 4.14. The van der Waals surface area contributed by atoms with Gasteiger partial charge in [-0.2, -0.15) is 0 Å². The number of amides is 1. The average molecular weight is 291 g/mol. The van der Waals surface area contributed by atoms with Gasteiger partial charge in [0.1, 0.15) is 0 Å². The summed E-state index contributed by atoms with van der Waals surface area (Å²) in [6.07, 6.45) is 2.35. The van der Waals surface area contributed by atoms with E-state index in [-0.39, 0.29) is 5.91 Å². The highest BCUT2D eigenvalue weighted by Gasteiger charge is 2.20. The fourth-order valence-electron chi connectivity index (χ4n) is 2.55. The highest BCUT2D eigenvalue weighted by Crippen LogP contribution is 2.21. The molecular formula is C15H25N5O. The third-order valence-corrected chi connectivity index (χ3v) is 3.90. The Morgan fingerprint density at radius 3 is 2.57 bits per heavy atom. The monoisotopic (exact) mass is 291 g/mol. The molecule has 1 saturated heterocycles. The molecule has 1 fully saturated rings. The normalized spacial score (nSPS) is 16.0. The minimum Gasteiger partial charge on any atom is -0.355 e. The van der Waals surface area contributed by atoms with Crippen LogP contribution in [0.4, 0.5) is 5.82 Å². The molecule has 116 valence electrons. The number of piperidine rings is 1. The van der Waals surface area contributed by atoms with Crippen LogP contribution in [0.15, 0.2) is 12.1 Å². The lowest BCUT2D eigenvalue weighted by molar-refractivity contribution is 0.0821. The standard InChI is InChI=1S/C15H25N5O/c1-4-16-11-12-7-9-20(10-8-12)14-6-5-13(17-18-14)15(21)19(2)3/h5-6,12,16H,4,7-11H2,1-3H3. The van der Waals surface area contributed by atoms with E-state index >= 15 is 0 Å². The second-order valence-electron chi connectivity index (χ2n) is 5.71. The maximum absolute atomic E-state index is 11.8. The van der Waals surface area contributed by atoms with Gasteiger partial charge in [0, 0.05) is 27.2 Å². The summed E-state index contributed by atoms with van der Waals surface area (Å²) in [5, 5.41) is 11.7. The van der Waals surface area contributed by atoms with Gasteiger partial charge in [0.25, 0.3) is 5.91 Å². The van der Waals surface area contributed by atoms with Crippen molar-refractivity contribution in [2.45, 2.75) is 19.8 Å². The van der Waals surface area contributed by atoms with E-state index in [9.17, 15) is 4.79 Å². The number of anilines is 1. The van der Waals surface area contributed by atoms with Crippen LogP contribution < -0.4 is 10.2 Å². The molecule has 0 spiro atoms. The van der Waals surface area contributed by atoms with Gasteiger partial charge in [0.15, 0.2) is 11.5 Å². The number of rotatable bonds is 5. The van der Waals surface area contributed by atoms with Crippen LogP contribution in [0.1, 0.15) is 30.3 Å². The van der Waals surface area contributed by atoms with Crippen molar-refractivity contribution in [3.05, 3.63) is 17.8 Å². The number of carbonyl (C=O) groups excluding carboxylic acids is 1. The molecule has 2 rings (SSSR count). The lowest BCUT2D eigenvalue weighted by atomic mass is 9.97. The Balaban J connectivity index is 1.90. The molecule has 0 aliphatic carbocycles. The first-order valence-corrected chi connectivity index (χ1v) is 7.63. The Bertz CT molecular complexity index is 452. The quantitative estimate of drug-likeness (QED) is 0.877. The second kappa shape index (κ2) is 7.36. The molecule has 0 saturated carbocycles. The van der Waals surface area contributed by atoms with E-state index in [0.29, 0.717) is 5.69 Å². The topological polar surface area (TPSA) is 61.4 Å². The van der Waals surface area contributed by atoms with Crippen molar-refractivity contribution in [2.24, 2.45) is 5.92 Å². The summed E-state index contributed by atoms with van der Waals surface area (Å²) in [5.74, 6) is 1.51. The van der Waals surface area contributed by atoms with E-state index in [1.807, 2.05) is 6.07 Å². The first-order valence-electron chi connectivity index (χ1n) is 7.63. The fraction of sp³-hybridized carbons (Fsp3) is 0.667. The molecule has 0 unspecified atom stereocenters. The highest BCUT2D eigenvalue weighted by atomic mass is 16.2. The molecule has 0 bridgehead atoms. The molecule has 0 atom stereocenters. The smallest absolute Gasteiger partial charge is 0.273 e. The van der Waals surface area contributed by atoms with Crippen molar-refractivity contribution in [3.8, 4) is 0 Å². The van der Waals surface area contributed by atoms with Gasteiger partial charge in [-0.15, -0.1) is 10.2 Å². The van der Waals surface area contributed by atoms with Crippen molar-refractivity contribution in [1.29, 1.82) is 0 Å². The Hall–Kier alpha value is -1.69. The van der Waals surface area contributed by atoms with E-state index in [1.165, 1.54) is 17.7 Å². The summed E-state index contributed by atoms with van der Waals surface area (Å²) in [6, 6.07) is 3.66. The molecule has 1 aromatic heterocycles. The number of hydrogen-bond acceptors (Lipinski definition) is 5. The van der Waals surface area contributed by atoms with Gasteiger partial charge in [-0.05, 0) is 44.0 Å². The van der Waals surface area contributed by atoms with Crippen LogP contribution in [0.3, 0.4) is 0 Å². The van der Waals surface area contributed by atoms with E-state index in [1.54, 1.807) is 20.2 Å². The summed E-state index contributed by atoms with van der Waals surface area (Å²) in [5.41, 5.74) is 0.394. The largest absolute Gasteiger partial charge is 0.355 e. The van der Waals surface area contributed by atoms with Gasteiger partial charge in [-0.25, -0.2) is 0 Å². The number of nitrogens with one attached hydrogen (secondary N) is 1.